The monoisotopic (exact) mass is 624 g/mol. The van der Waals surface area contributed by atoms with Crippen LogP contribution in [0.3, 0.4) is 0 Å². The molecule has 2 heterocycles. The van der Waals surface area contributed by atoms with E-state index in [0.717, 1.165) is 47.4 Å². The molecule has 0 radical (unpaired) electrons. The van der Waals surface area contributed by atoms with Gasteiger partial charge in [-0.05, 0) is 79.0 Å². The maximum atomic E-state index is 13.9. The number of anilines is 1. The third kappa shape index (κ3) is 7.07. The Morgan fingerprint density at radius 3 is 2.51 bits per heavy atom. The van der Waals surface area contributed by atoms with Crippen LogP contribution in [0.1, 0.15) is 69.3 Å². The van der Waals surface area contributed by atoms with E-state index in [2.05, 4.69) is 26.8 Å². The lowest BCUT2D eigenvalue weighted by molar-refractivity contribution is -0.136. The number of carbonyl (C=O) groups is 3. The van der Waals surface area contributed by atoms with Crippen molar-refractivity contribution in [3.05, 3.63) is 83.0 Å². The van der Waals surface area contributed by atoms with Gasteiger partial charge in [0.25, 0.3) is 5.91 Å². The van der Waals surface area contributed by atoms with Gasteiger partial charge in [-0.15, -0.1) is 0 Å². The van der Waals surface area contributed by atoms with Gasteiger partial charge in [0.15, 0.2) is 0 Å². The van der Waals surface area contributed by atoms with E-state index in [-0.39, 0.29) is 35.9 Å². The summed E-state index contributed by atoms with van der Waals surface area (Å²) in [6.07, 6.45) is 3.77. The molecule has 0 bridgehead atoms. The van der Waals surface area contributed by atoms with Gasteiger partial charge in [-0.3, -0.25) is 14.4 Å². The molecular formula is C36H40N4O4S. The largest absolute Gasteiger partial charge is 0.494 e. The molecule has 234 valence electrons. The van der Waals surface area contributed by atoms with E-state index < -0.39 is 11.9 Å². The zero-order chi connectivity index (χ0) is 32.1. The number of thioether (sulfide) groups is 1. The first kappa shape index (κ1) is 32.2. The Hall–Kier alpha value is -4.16. The second-order valence-electron chi connectivity index (χ2n) is 12.4. The van der Waals surface area contributed by atoms with E-state index >= 15 is 0 Å². The zero-order valence-corrected chi connectivity index (χ0v) is 27.2. The lowest BCUT2D eigenvalue weighted by atomic mass is 9.69. The number of hydrogen-bond donors (Lipinski definition) is 0. The quantitative estimate of drug-likeness (QED) is 0.181. The molecule has 2 aromatic carbocycles. The molecule has 0 spiro atoms. The fourth-order valence-corrected chi connectivity index (χ4v) is 7.01. The third-order valence-electron chi connectivity index (χ3n) is 9.24. The molecule has 5 rings (SSSR count). The molecule has 0 saturated carbocycles. The van der Waals surface area contributed by atoms with Crippen LogP contribution < -0.4 is 9.64 Å². The summed E-state index contributed by atoms with van der Waals surface area (Å²) in [6.45, 7) is 9.40. The summed E-state index contributed by atoms with van der Waals surface area (Å²) in [4.78, 5) is 48.3. The molecule has 45 heavy (non-hydrogen) atoms. The minimum Gasteiger partial charge on any atom is -0.494 e. The number of amides is 3. The zero-order valence-electron chi connectivity index (χ0n) is 26.4. The van der Waals surface area contributed by atoms with E-state index in [9.17, 15) is 19.6 Å². The molecule has 8 nitrogen and oxygen atoms in total. The number of hydrogen-bond acceptors (Lipinski definition) is 7. The molecule has 1 fully saturated rings. The number of aryl methyl sites for hydroxylation is 1. The van der Waals surface area contributed by atoms with Crippen LogP contribution in [0.25, 0.3) is 0 Å². The van der Waals surface area contributed by atoms with E-state index in [0.29, 0.717) is 34.6 Å². The van der Waals surface area contributed by atoms with Crippen LogP contribution in [-0.4, -0.2) is 46.0 Å². The van der Waals surface area contributed by atoms with E-state index in [1.807, 2.05) is 43.3 Å². The van der Waals surface area contributed by atoms with Gasteiger partial charge in [0.05, 0.1) is 30.0 Å². The lowest BCUT2D eigenvalue weighted by Gasteiger charge is -2.37. The molecular weight excluding hydrogens is 584 g/mol. The molecule has 1 aromatic heterocycles. The third-order valence-corrected chi connectivity index (χ3v) is 10.2. The van der Waals surface area contributed by atoms with Crippen molar-refractivity contribution in [2.75, 3.05) is 17.3 Å². The number of carbonyl (C=O) groups excluding carboxylic acids is 3. The van der Waals surface area contributed by atoms with E-state index in [4.69, 9.17) is 9.72 Å². The summed E-state index contributed by atoms with van der Waals surface area (Å²) >= 11 is 1.22. The van der Waals surface area contributed by atoms with Gasteiger partial charge in [0.1, 0.15) is 22.9 Å². The molecule has 1 aliphatic carbocycles. The number of nitriles is 1. The number of imide groups is 1. The van der Waals surface area contributed by atoms with Crippen molar-refractivity contribution >= 4 is 35.2 Å². The molecule has 2 atom stereocenters. The Balaban J connectivity index is 1.36. The molecule has 2 unspecified atom stereocenters. The summed E-state index contributed by atoms with van der Waals surface area (Å²) in [5.74, 6) is 0.0697. The number of pyridine rings is 1. The predicted molar refractivity (Wildman–Crippen MR) is 175 cm³/mol. The second kappa shape index (κ2) is 13.9. The van der Waals surface area contributed by atoms with Crippen molar-refractivity contribution in [1.29, 1.82) is 5.26 Å². The molecule has 9 heteroatoms. The van der Waals surface area contributed by atoms with Gasteiger partial charge in [-0.2, -0.15) is 5.26 Å². The molecule has 3 amide bonds. The maximum absolute atomic E-state index is 13.9. The first-order valence-electron chi connectivity index (χ1n) is 15.6. The molecule has 3 aromatic rings. The smallest absolute Gasteiger partial charge is 0.257 e. The van der Waals surface area contributed by atoms with Gasteiger partial charge in [0.2, 0.25) is 11.8 Å². The van der Waals surface area contributed by atoms with Crippen molar-refractivity contribution in [2.24, 2.45) is 11.3 Å². The van der Waals surface area contributed by atoms with Crippen molar-refractivity contribution in [3.8, 4) is 11.8 Å². The maximum Gasteiger partial charge on any atom is 0.257 e. The highest BCUT2D eigenvalue weighted by molar-refractivity contribution is 8.00. The molecule has 1 aliphatic heterocycles. The van der Waals surface area contributed by atoms with Crippen molar-refractivity contribution in [2.45, 2.75) is 77.4 Å². The number of ether oxygens (including phenoxy) is 1. The van der Waals surface area contributed by atoms with Gasteiger partial charge in [-0.1, -0.05) is 69.3 Å². The summed E-state index contributed by atoms with van der Waals surface area (Å²) in [7, 11) is 0. The molecule has 1 saturated heterocycles. The highest BCUT2D eigenvalue weighted by atomic mass is 32.2. The van der Waals surface area contributed by atoms with Crippen LogP contribution in [0.5, 0.6) is 5.75 Å². The predicted octanol–water partition coefficient (Wildman–Crippen LogP) is 6.35. The minimum atomic E-state index is -0.942. The fourth-order valence-electron chi connectivity index (χ4n) is 6.15. The summed E-state index contributed by atoms with van der Waals surface area (Å²) in [6, 6.07) is 19.5. The van der Waals surface area contributed by atoms with Crippen molar-refractivity contribution in [1.82, 2.24) is 9.88 Å². The van der Waals surface area contributed by atoms with Gasteiger partial charge < -0.3 is 9.64 Å². The number of benzene rings is 2. The van der Waals surface area contributed by atoms with Crippen molar-refractivity contribution < 1.29 is 19.1 Å². The van der Waals surface area contributed by atoms with Gasteiger partial charge in [-0.25, -0.2) is 9.88 Å². The molecule has 0 N–H and O–H groups in total. The van der Waals surface area contributed by atoms with Crippen LogP contribution >= 0.6 is 11.8 Å². The van der Waals surface area contributed by atoms with Crippen LogP contribution in [0.15, 0.2) is 65.7 Å². The highest BCUT2D eigenvalue weighted by Crippen LogP contribution is 2.40. The number of fused-ring (bicyclic) bond motifs is 1. The topological polar surface area (TPSA) is 104 Å². The summed E-state index contributed by atoms with van der Waals surface area (Å²) in [5, 5.41) is 10.5. The SMILES string of the molecule is CCOc1ccc(N2C(=O)CC(N(Cc3ccccc3)C(=O)CSc3nc4c(cc3C#N)CC(C(C)(C)CC)CC4)C2=O)cc1. The number of aromatic nitrogens is 1. The Bertz CT molecular complexity index is 1600. The first-order valence-corrected chi connectivity index (χ1v) is 16.6. The van der Waals surface area contributed by atoms with Crippen LogP contribution in [0.4, 0.5) is 5.69 Å². The van der Waals surface area contributed by atoms with Gasteiger partial charge >= 0.3 is 0 Å². The average Bonchev–Trinajstić information content (AvgIpc) is 3.35. The number of rotatable bonds is 11. The fraction of sp³-hybridized carbons (Fsp3) is 0.417. The van der Waals surface area contributed by atoms with E-state index in [1.54, 1.807) is 24.3 Å². The average molecular weight is 625 g/mol. The second-order valence-corrected chi connectivity index (χ2v) is 13.3. The Morgan fingerprint density at radius 1 is 1.11 bits per heavy atom. The highest BCUT2D eigenvalue weighted by Gasteiger charge is 2.44. The van der Waals surface area contributed by atoms with Crippen molar-refractivity contribution in [3.63, 3.8) is 0 Å². The first-order chi connectivity index (χ1) is 21.6. The Kier molecular flexibility index (Phi) is 9.93. The van der Waals surface area contributed by atoms with Gasteiger partial charge in [0, 0.05) is 12.2 Å². The summed E-state index contributed by atoms with van der Waals surface area (Å²) < 4.78 is 5.50. The minimum absolute atomic E-state index is 0.0141. The molecule has 2 aliphatic rings. The number of nitrogens with zero attached hydrogens (tertiary/aromatic N) is 4. The normalized spacial score (nSPS) is 18.0. The Morgan fingerprint density at radius 2 is 1.84 bits per heavy atom. The lowest BCUT2D eigenvalue weighted by Crippen LogP contribution is -2.45. The van der Waals surface area contributed by atoms with Crippen LogP contribution in [0.2, 0.25) is 0 Å². The summed E-state index contributed by atoms with van der Waals surface area (Å²) in [5.41, 5.74) is 4.09. The van der Waals surface area contributed by atoms with E-state index in [1.165, 1.54) is 16.7 Å². The van der Waals surface area contributed by atoms with Crippen LogP contribution in [-0.2, 0) is 33.8 Å². The Labute approximate surface area is 269 Å². The standard InChI is InChI=1S/C36H40N4O4S/c1-5-36(3,4)27-12-17-30-25(19-27)18-26(21-37)34(38-30)45-23-33(42)39(22-24-10-8-7-9-11-24)31-20-32(41)40(35(31)43)28-13-15-29(16-14-28)44-6-2/h7-11,13-16,18,27,31H,5-6,12,17,19-20,22-23H2,1-4H3. The van der Waals surface area contributed by atoms with Crippen LogP contribution in [0, 0.1) is 22.7 Å².